The lowest BCUT2D eigenvalue weighted by atomic mass is 9.80. The lowest BCUT2D eigenvalue weighted by molar-refractivity contribution is -0.121. The number of nitrogens with zero attached hydrogens (tertiary/aromatic N) is 1. The van der Waals surface area contributed by atoms with E-state index in [1.54, 1.807) is 12.4 Å². The van der Waals surface area contributed by atoms with Gasteiger partial charge in [-0.3, -0.25) is 14.6 Å². The predicted octanol–water partition coefficient (Wildman–Crippen LogP) is 2.88. The van der Waals surface area contributed by atoms with Crippen molar-refractivity contribution in [2.45, 2.75) is 38.6 Å². The summed E-state index contributed by atoms with van der Waals surface area (Å²) in [4.78, 5) is 28.3. The molecular weight excluding hydrogens is 373 g/mol. The molecule has 3 rings (SSSR count). The molecule has 2 N–H and O–H groups in total. The average molecular weight is 399 g/mol. The number of carbonyl (C=O) groups is 2. The molecule has 6 nitrogen and oxygen atoms in total. The minimum Gasteiger partial charge on any atom is -0.493 e. The van der Waals surface area contributed by atoms with Gasteiger partial charge in [0.05, 0.1) is 18.6 Å². The van der Waals surface area contributed by atoms with Crippen molar-refractivity contribution in [2.24, 2.45) is 5.92 Å². The Morgan fingerprint density at radius 2 is 1.97 bits per heavy atom. The molecule has 0 atom stereocenters. The molecule has 1 heterocycles. The van der Waals surface area contributed by atoms with E-state index < -0.39 is 0 Å². The summed E-state index contributed by atoms with van der Waals surface area (Å²) in [6.07, 6.45) is 6.12. The molecule has 0 aliphatic heterocycles. The number of rotatable bonds is 9. The van der Waals surface area contributed by atoms with Crippen LogP contribution >= 0.6 is 0 Å². The smallest absolute Gasteiger partial charge is 0.253 e. The number of ether oxygens (including phenoxy) is 1. The standard InChI is InChI=1S/C22H26FN3O3/c1-2-15-9-17(14-24-12-15)22(28)26-19-10-16(11-19)13-25-21(27)7-8-29-20-5-3-18(23)4-6-20/h3-6,9,12,14,16,19H,2,7-8,10-11,13H2,1H3,(H,25,27)(H,26,28). The molecule has 7 heteroatoms. The monoisotopic (exact) mass is 399 g/mol. The van der Waals surface area contributed by atoms with Crippen molar-refractivity contribution in [1.82, 2.24) is 15.6 Å². The molecule has 1 fully saturated rings. The third-order valence-corrected chi connectivity index (χ3v) is 5.04. The maximum absolute atomic E-state index is 12.8. The van der Waals surface area contributed by atoms with Gasteiger partial charge in [0.15, 0.2) is 0 Å². The topological polar surface area (TPSA) is 80.3 Å². The molecule has 0 saturated heterocycles. The molecule has 29 heavy (non-hydrogen) atoms. The number of hydrogen-bond acceptors (Lipinski definition) is 4. The second kappa shape index (κ2) is 10.0. The number of nitrogens with one attached hydrogen (secondary N) is 2. The molecule has 154 valence electrons. The van der Waals surface area contributed by atoms with Crippen LogP contribution in [0.1, 0.15) is 42.1 Å². The molecule has 1 aromatic heterocycles. The van der Waals surface area contributed by atoms with E-state index in [2.05, 4.69) is 15.6 Å². The molecule has 0 bridgehead atoms. The number of aryl methyl sites for hydroxylation is 1. The highest BCUT2D eigenvalue weighted by Gasteiger charge is 2.30. The van der Waals surface area contributed by atoms with Gasteiger partial charge in [-0.25, -0.2) is 4.39 Å². The van der Waals surface area contributed by atoms with E-state index in [9.17, 15) is 14.0 Å². The Hall–Kier alpha value is -2.96. The van der Waals surface area contributed by atoms with Crippen molar-refractivity contribution >= 4 is 11.8 Å². The maximum atomic E-state index is 12.8. The van der Waals surface area contributed by atoms with Crippen LogP contribution in [0.5, 0.6) is 5.75 Å². The molecule has 1 saturated carbocycles. The van der Waals surface area contributed by atoms with Crippen molar-refractivity contribution in [3.05, 3.63) is 59.7 Å². The van der Waals surface area contributed by atoms with Crippen LogP contribution in [0.3, 0.4) is 0 Å². The Labute approximate surface area is 169 Å². The number of aromatic nitrogens is 1. The summed E-state index contributed by atoms with van der Waals surface area (Å²) in [6.45, 7) is 2.86. The Morgan fingerprint density at radius 1 is 1.21 bits per heavy atom. The molecule has 0 unspecified atom stereocenters. The van der Waals surface area contributed by atoms with Gasteiger partial charge in [-0.2, -0.15) is 0 Å². The summed E-state index contributed by atoms with van der Waals surface area (Å²) in [6, 6.07) is 7.70. The Morgan fingerprint density at radius 3 is 2.69 bits per heavy atom. The zero-order chi connectivity index (χ0) is 20.6. The van der Waals surface area contributed by atoms with Gasteiger partial charge >= 0.3 is 0 Å². The molecular formula is C22H26FN3O3. The lowest BCUT2D eigenvalue weighted by Crippen LogP contribution is -2.47. The fourth-order valence-corrected chi connectivity index (χ4v) is 3.23. The van der Waals surface area contributed by atoms with Gasteiger partial charge in [-0.1, -0.05) is 6.92 Å². The first-order chi connectivity index (χ1) is 14.0. The van der Waals surface area contributed by atoms with Gasteiger partial charge in [0.1, 0.15) is 11.6 Å². The van der Waals surface area contributed by atoms with Crippen molar-refractivity contribution in [3.63, 3.8) is 0 Å². The first kappa shape index (κ1) is 20.8. The van der Waals surface area contributed by atoms with E-state index in [-0.39, 0.29) is 36.7 Å². The van der Waals surface area contributed by atoms with Crippen molar-refractivity contribution in [3.8, 4) is 5.75 Å². The molecule has 1 aliphatic rings. The van der Waals surface area contributed by atoms with Crippen LogP contribution in [0.2, 0.25) is 0 Å². The fourth-order valence-electron chi connectivity index (χ4n) is 3.23. The molecule has 2 aromatic rings. The Balaban J connectivity index is 1.29. The van der Waals surface area contributed by atoms with E-state index in [1.807, 2.05) is 13.0 Å². The summed E-state index contributed by atoms with van der Waals surface area (Å²) in [5, 5.41) is 5.92. The first-order valence-corrected chi connectivity index (χ1v) is 9.93. The molecule has 0 spiro atoms. The second-order valence-electron chi connectivity index (χ2n) is 7.30. The van der Waals surface area contributed by atoms with E-state index in [0.717, 1.165) is 24.8 Å². The molecule has 1 aromatic carbocycles. The average Bonchev–Trinajstić information content (AvgIpc) is 2.71. The second-order valence-corrected chi connectivity index (χ2v) is 7.30. The van der Waals surface area contributed by atoms with Gasteiger partial charge in [0.25, 0.3) is 5.91 Å². The normalized spacial score (nSPS) is 17.9. The van der Waals surface area contributed by atoms with Crippen LogP contribution in [0.15, 0.2) is 42.7 Å². The van der Waals surface area contributed by atoms with Crippen LogP contribution in [-0.2, 0) is 11.2 Å². The quantitative estimate of drug-likeness (QED) is 0.680. The van der Waals surface area contributed by atoms with Crippen molar-refractivity contribution in [1.29, 1.82) is 0 Å². The summed E-state index contributed by atoms with van der Waals surface area (Å²) in [5.74, 6) is 0.398. The predicted molar refractivity (Wildman–Crippen MR) is 107 cm³/mol. The molecule has 1 aliphatic carbocycles. The van der Waals surface area contributed by atoms with Gasteiger partial charge in [-0.05, 0) is 61.1 Å². The zero-order valence-corrected chi connectivity index (χ0v) is 16.5. The third kappa shape index (κ3) is 6.27. The number of halogens is 1. The molecule has 2 amide bonds. The van der Waals surface area contributed by atoms with Crippen LogP contribution in [-0.4, -0.2) is 36.0 Å². The maximum Gasteiger partial charge on any atom is 0.253 e. The summed E-state index contributed by atoms with van der Waals surface area (Å²) in [5.41, 5.74) is 1.62. The fraction of sp³-hybridized carbons (Fsp3) is 0.409. The van der Waals surface area contributed by atoms with E-state index in [1.165, 1.54) is 24.3 Å². The largest absolute Gasteiger partial charge is 0.493 e. The van der Waals surface area contributed by atoms with Gasteiger partial charge in [0.2, 0.25) is 5.91 Å². The van der Waals surface area contributed by atoms with Crippen LogP contribution in [0.4, 0.5) is 4.39 Å². The zero-order valence-electron chi connectivity index (χ0n) is 16.5. The SMILES string of the molecule is CCc1cncc(C(=O)NC2CC(CNC(=O)CCOc3ccc(F)cc3)C2)c1. The number of carbonyl (C=O) groups excluding carboxylic acids is 2. The van der Waals surface area contributed by atoms with Crippen LogP contribution < -0.4 is 15.4 Å². The number of hydrogen-bond donors (Lipinski definition) is 2. The lowest BCUT2D eigenvalue weighted by Gasteiger charge is -2.36. The number of benzene rings is 1. The number of pyridine rings is 1. The highest BCUT2D eigenvalue weighted by Crippen LogP contribution is 2.27. The van der Waals surface area contributed by atoms with E-state index in [0.29, 0.717) is 23.8 Å². The third-order valence-electron chi connectivity index (χ3n) is 5.04. The summed E-state index contributed by atoms with van der Waals surface area (Å²) >= 11 is 0. The Bertz CT molecular complexity index is 835. The Kier molecular flexibility index (Phi) is 7.16. The van der Waals surface area contributed by atoms with Gasteiger partial charge < -0.3 is 15.4 Å². The summed E-state index contributed by atoms with van der Waals surface area (Å²) in [7, 11) is 0. The van der Waals surface area contributed by atoms with Crippen LogP contribution in [0.25, 0.3) is 0 Å². The highest BCUT2D eigenvalue weighted by molar-refractivity contribution is 5.94. The minimum absolute atomic E-state index is 0.0814. The van der Waals surface area contributed by atoms with Crippen LogP contribution in [0, 0.1) is 11.7 Å². The van der Waals surface area contributed by atoms with E-state index >= 15 is 0 Å². The van der Waals surface area contributed by atoms with Gasteiger partial charge in [0, 0.05) is 25.0 Å². The summed E-state index contributed by atoms with van der Waals surface area (Å²) < 4.78 is 18.2. The minimum atomic E-state index is -0.323. The van der Waals surface area contributed by atoms with Crippen molar-refractivity contribution in [2.75, 3.05) is 13.2 Å². The first-order valence-electron chi connectivity index (χ1n) is 9.93. The van der Waals surface area contributed by atoms with Crippen molar-refractivity contribution < 1.29 is 18.7 Å². The number of amides is 2. The highest BCUT2D eigenvalue weighted by atomic mass is 19.1. The van der Waals surface area contributed by atoms with Gasteiger partial charge in [-0.15, -0.1) is 0 Å². The molecule has 0 radical (unpaired) electrons. The van der Waals surface area contributed by atoms with E-state index in [4.69, 9.17) is 4.74 Å².